The molecular weight excluding hydrogens is 260 g/mol. The van der Waals surface area contributed by atoms with Crippen molar-refractivity contribution in [2.75, 3.05) is 18.4 Å². The van der Waals surface area contributed by atoms with Crippen molar-refractivity contribution in [3.05, 3.63) is 40.8 Å². The number of carbonyl (C=O) groups is 1. The summed E-state index contributed by atoms with van der Waals surface area (Å²) in [7, 11) is 0. The Morgan fingerprint density at radius 1 is 1.26 bits per heavy atom. The first-order chi connectivity index (χ1) is 9.34. The predicted molar refractivity (Wildman–Crippen MR) is 76.2 cm³/mol. The maximum Gasteiger partial charge on any atom is 0.222 e. The van der Waals surface area contributed by atoms with Crippen LogP contribution < -0.4 is 10.6 Å². The Morgan fingerprint density at radius 3 is 2.84 bits per heavy atom. The van der Waals surface area contributed by atoms with Crippen LogP contribution in [0.25, 0.3) is 0 Å². The molecule has 0 aliphatic heterocycles. The minimum Gasteiger partial charge on any atom is -0.354 e. The van der Waals surface area contributed by atoms with Crippen molar-refractivity contribution in [1.29, 1.82) is 0 Å². The molecule has 100 valence electrons. The van der Waals surface area contributed by atoms with Gasteiger partial charge in [-0.3, -0.25) is 4.79 Å². The molecule has 6 heteroatoms. The lowest BCUT2D eigenvalue weighted by molar-refractivity contribution is -0.120. The zero-order valence-electron chi connectivity index (χ0n) is 10.5. The van der Waals surface area contributed by atoms with E-state index in [-0.39, 0.29) is 5.91 Å². The van der Waals surface area contributed by atoms with Crippen molar-refractivity contribution in [1.82, 2.24) is 15.3 Å². The first kappa shape index (κ1) is 13.5. The summed E-state index contributed by atoms with van der Waals surface area (Å²) in [5.41, 5.74) is 1.22. The van der Waals surface area contributed by atoms with E-state index in [1.165, 1.54) is 5.56 Å². The topological polar surface area (TPSA) is 66.9 Å². The van der Waals surface area contributed by atoms with Crippen LogP contribution in [0.5, 0.6) is 0 Å². The van der Waals surface area contributed by atoms with E-state index < -0.39 is 0 Å². The number of aromatic nitrogens is 2. The van der Waals surface area contributed by atoms with Crippen LogP contribution in [-0.2, 0) is 11.2 Å². The Hall–Kier alpha value is -1.95. The first-order valence-electron chi connectivity index (χ1n) is 6.13. The monoisotopic (exact) mass is 276 g/mol. The highest BCUT2D eigenvalue weighted by Gasteiger charge is 2.02. The fraction of sp³-hybridized carbons (Fsp3) is 0.308. The van der Waals surface area contributed by atoms with Gasteiger partial charge in [0.25, 0.3) is 0 Å². The molecule has 0 radical (unpaired) electrons. The van der Waals surface area contributed by atoms with Gasteiger partial charge in [-0.2, -0.15) is 11.3 Å². The van der Waals surface area contributed by atoms with Gasteiger partial charge in [0.1, 0.15) is 0 Å². The predicted octanol–water partition coefficient (Wildman–Crippen LogP) is 1.70. The second-order valence-corrected chi connectivity index (χ2v) is 4.76. The average molecular weight is 276 g/mol. The quantitative estimate of drug-likeness (QED) is 0.755. The number of nitrogens with one attached hydrogen (secondary N) is 2. The van der Waals surface area contributed by atoms with Crippen molar-refractivity contribution in [3.8, 4) is 0 Å². The molecule has 0 bridgehead atoms. The normalized spacial score (nSPS) is 10.1. The molecule has 2 heterocycles. The van der Waals surface area contributed by atoms with Crippen molar-refractivity contribution < 1.29 is 4.79 Å². The van der Waals surface area contributed by atoms with Gasteiger partial charge in [0, 0.05) is 31.9 Å². The second-order valence-electron chi connectivity index (χ2n) is 3.98. The number of carbonyl (C=O) groups excluding carboxylic acids is 1. The molecule has 0 aliphatic carbocycles. The van der Waals surface area contributed by atoms with Crippen LogP contribution in [0.4, 0.5) is 5.95 Å². The van der Waals surface area contributed by atoms with Crippen LogP contribution in [-0.4, -0.2) is 29.0 Å². The van der Waals surface area contributed by atoms with Crippen LogP contribution in [0.1, 0.15) is 12.0 Å². The SMILES string of the molecule is O=C(CCc1ccsc1)NCCNc1ncccn1. The molecule has 0 atom stereocenters. The Bertz CT molecular complexity index is 487. The Labute approximate surface area is 116 Å². The van der Waals surface area contributed by atoms with Crippen LogP contribution in [0.15, 0.2) is 35.3 Å². The Morgan fingerprint density at radius 2 is 2.11 bits per heavy atom. The van der Waals surface area contributed by atoms with Gasteiger partial charge in [-0.25, -0.2) is 9.97 Å². The maximum atomic E-state index is 11.6. The zero-order chi connectivity index (χ0) is 13.3. The number of hydrogen-bond acceptors (Lipinski definition) is 5. The summed E-state index contributed by atoms with van der Waals surface area (Å²) in [5, 5.41) is 9.99. The molecule has 2 aromatic rings. The van der Waals surface area contributed by atoms with Crippen molar-refractivity contribution in [2.24, 2.45) is 0 Å². The molecule has 0 saturated heterocycles. The number of amides is 1. The fourth-order valence-electron chi connectivity index (χ4n) is 1.55. The summed E-state index contributed by atoms with van der Waals surface area (Å²) in [6.07, 6.45) is 4.67. The molecule has 19 heavy (non-hydrogen) atoms. The van der Waals surface area contributed by atoms with Gasteiger partial charge in [0.15, 0.2) is 0 Å². The molecule has 0 unspecified atom stereocenters. The van der Waals surface area contributed by atoms with Crippen molar-refractivity contribution in [2.45, 2.75) is 12.8 Å². The molecule has 0 fully saturated rings. The molecule has 1 amide bonds. The fourth-order valence-corrected chi connectivity index (χ4v) is 2.25. The van der Waals surface area contributed by atoms with Gasteiger partial charge in [-0.1, -0.05) is 0 Å². The number of aryl methyl sites for hydroxylation is 1. The third kappa shape index (κ3) is 5.05. The van der Waals surface area contributed by atoms with E-state index in [1.54, 1.807) is 29.8 Å². The van der Waals surface area contributed by atoms with E-state index in [4.69, 9.17) is 0 Å². The van der Waals surface area contributed by atoms with E-state index in [0.717, 1.165) is 6.42 Å². The summed E-state index contributed by atoms with van der Waals surface area (Å²) in [6, 6.07) is 3.81. The Balaban J connectivity index is 1.57. The van der Waals surface area contributed by atoms with Crippen LogP contribution in [0, 0.1) is 0 Å². The Kier molecular flexibility index (Phi) is 5.31. The third-order valence-corrected chi connectivity index (χ3v) is 3.25. The van der Waals surface area contributed by atoms with E-state index in [9.17, 15) is 4.79 Å². The molecule has 0 spiro atoms. The summed E-state index contributed by atoms with van der Waals surface area (Å²) in [6.45, 7) is 1.19. The van der Waals surface area contributed by atoms with Gasteiger partial charge in [0.2, 0.25) is 11.9 Å². The molecule has 0 saturated carbocycles. The molecule has 0 aromatic carbocycles. The lowest BCUT2D eigenvalue weighted by Gasteiger charge is -2.06. The smallest absolute Gasteiger partial charge is 0.222 e. The molecule has 2 rings (SSSR count). The van der Waals surface area contributed by atoms with Gasteiger partial charge in [0.05, 0.1) is 0 Å². The van der Waals surface area contributed by atoms with E-state index >= 15 is 0 Å². The van der Waals surface area contributed by atoms with Crippen molar-refractivity contribution in [3.63, 3.8) is 0 Å². The second kappa shape index (κ2) is 7.48. The van der Waals surface area contributed by atoms with Crippen LogP contribution in [0.2, 0.25) is 0 Å². The summed E-state index contributed by atoms with van der Waals surface area (Å²) < 4.78 is 0. The highest BCUT2D eigenvalue weighted by atomic mass is 32.1. The molecular formula is C13H16N4OS. The number of hydrogen-bond donors (Lipinski definition) is 2. The lowest BCUT2D eigenvalue weighted by atomic mass is 10.2. The third-order valence-electron chi connectivity index (χ3n) is 2.52. The number of nitrogens with zero attached hydrogens (tertiary/aromatic N) is 2. The first-order valence-corrected chi connectivity index (χ1v) is 7.07. The number of thiophene rings is 1. The lowest BCUT2D eigenvalue weighted by Crippen LogP contribution is -2.29. The molecule has 2 N–H and O–H groups in total. The van der Waals surface area contributed by atoms with E-state index in [2.05, 4.69) is 26.0 Å². The maximum absolute atomic E-state index is 11.6. The molecule has 2 aromatic heterocycles. The van der Waals surface area contributed by atoms with Crippen molar-refractivity contribution >= 4 is 23.2 Å². The highest BCUT2D eigenvalue weighted by molar-refractivity contribution is 7.07. The number of rotatable bonds is 7. The molecule has 5 nitrogen and oxygen atoms in total. The van der Waals surface area contributed by atoms with Crippen LogP contribution >= 0.6 is 11.3 Å². The minimum absolute atomic E-state index is 0.0713. The average Bonchev–Trinajstić information content (AvgIpc) is 2.96. The highest BCUT2D eigenvalue weighted by Crippen LogP contribution is 2.07. The molecule has 0 aliphatic rings. The van der Waals surface area contributed by atoms with E-state index in [0.29, 0.717) is 25.5 Å². The summed E-state index contributed by atoms with van der Waals surface area (Å²) in [5.74, 6) is 0.650. The van der Waals surface area contributed by atoms with E-state index in [1.807, 2.05) is 11.4 Å². The van der Waals surface area contributed by atoms with Gasteiger partial charge in [-0.05, 0) is 34.9 Å². The standard InChI is InChI=1S/C13H16N4OS/c18-12(3-2-11-4-9-19-10-11)14-7-8-17-13-15-5-1-6-16-13/h1,4-6,9-10H,2-3,7-8H2,(H,14,18)(H,15,16,17). The van der Waals surface area contributed by atoms with Gasteiger partial charge >= 0.3 is 0 Å². The summed E-state index contributed by atoms with van der Waals surface area (Å²) in [4.78, 5) is 19.6. The van der Waals surface area contributed by atoms with Gasteiger partial charge < -0.3 is 10.6 Å². The zero-order valence-corrected chi connectivity index (χ0v) is 11.3. The largest absolute Gasteiger partial charge is 0.354 e. The summed E-state index contributed by atoms with van der Waals surface area (Å²) >= 11 is 1.65. The van der Waals surface area contributed by atoms with Crippen LogP contribution in [0.3, 0.4) is 0 Å². The van der Waals surface area contributed by atoms with Gasteiger partial charge in [-0.15, -0.1) is 0 Å². The minimum atomic E-state index is 0.0713. The number of anilines is 1.